The fourth-order valence-corrected chi connectivity index (χ4v) is 4.79. The Bertz CT molecular complexity index is 413. The monoisotopic (exact) mass is 288 g/mol. The largest absolute Gasteiger partial charge is 0.313 e. The highest BCUT2D eigenvalue weighted by Gasteiger charge is 2.38. The molecule has 2 aliphatic rings. The molecule has 0 aromatic rings. The number of nitrogens with one attached hydrogen (secondary N) is 1. The lowest BCUT2D eigenvalue weighted by atomic mass is 9.91. The van der Waals surface area contributed by atoms with Crippen LogP contribution in [0.2, 0.25) is 0 Å². The Kier molecular flexibility index (Phi) is 4.29. The van der Waals surface area contributed by atoms with Gasteiger partial charge in [-0.15, -0.1) is 0 Å². The van der Waals surface area contributed by atoms with Crippen LogP contribution in [0.15, 0.2) is 0 Å². The third-order valence-corrected chi connectivity index (χ3v) is 6.50. The quantitative estimate of drug-likeness (QED) is 0.837. The molecule has 2 fully saturated rings. The van der Waals surface area contributed by atoms with Crippen LogP contribution in [0.3, 0.4) is 0 Å². The van der Waals surface area contributed by atoms with Gasteiger partial charge in [-0.1, -0.05) is 20.8 Å². The van der Waals surface area contributed by atoms with Gasteiger partial charge in [0.2, 0.25) is 10.0 Å². The van der Waals surface area contributed by atoms with Gasteiger partial charge in [0.15, 0.2) is 0 Å². The second kappa shape index (κ2) is 5.34. The Hall–Kier alpha value is -0.130. The zero-order valence-electron chi connectivity index (χ0n) is 12.6. The average Bonchev–Trinajstić information content (AvgIpc) is 2.49. The number of rotatable bonds is 5. The Morgan fingerprint density at radius 2 is 1.89 bits per heavy atom. The molecule has 112 valence electrons. The van der Waals surface area contributed by atoms with E-state index in [1.165, 1.54) is 12.8 Å². The topological polar surface area (TPSA) is 49.4 Å². The Morgan fingerprint density at radius 1 is 1.26 bits per heavy atom. The van der Waals surface area contributed by atoms with Gasteiger partial charge in [-0.05, 0) is 37.0 Å². The molecule has 1 N–H and O–H groups in total. The van der Waals surface area contributed by atoms with Crippen LogP contribution in [-0.4, -0.2) is 44.2 Å². The average molecular weight is 288 g/mol. The van der Waals surface area contributed by atoms with Gasteiger partial charge in [0.25, 0.3) is 0 Å². The fourth-order valence-electron chi connectivity index (χ4n) is 3.55. The first-order valence-corrected chi connectivity index (χ1v) is 9.05. The van der Waals surface area contributed by atoms with Crippen molar-refractivity contribution in [2.75, 3.05) is 25.4 Å². The van der Waals surface area contributed by atoms with E-state index in [0.29, 0.717) is 30.5 Å². The van der Waals surface area contributed by atoms with Crippen LogP contribution in [0.25, 0.3) is 0 Å². The molecule has 1 heterocycles. The lowest BCUT2D eigenvalue weighted by Gasteiger charge is -2.38. The predicted molar refractivity (Wildman–Crippen MR) is 78.5 cm³/mol. The highest BCUT2D eigenvalue weighted by Crippen LogP contribution is 2.40. The van der Waals surface area contributed by atoms with Crippen molar-refractivity contribution in [3.8, 4) is 0 Å². The standard InChI is InChI=1S/C14H28N2O2S/c1-5-19(17,18)16-9-12(10-16)8-15-13-7-14(3,4)6-11(13)2/h11-13,15H,5-10H2,1-4H3/t11-,13-/m0/s1. The van der Waals surface area contributed by atoms with Crippen molar-refractivity contribution in [2.45, 2.75) is 46.6 Å². The maximum atomic E-state index is 11.6. The summed E-state index contributed by atoms with van der Waals surface area (Å²) < 4.78 is 24.9. The van der Waals surface area contributed by atoms with E-state index in [1.54, 1.807) is 11.2 Å². The van der Waals surface area contributed by atoms with Crippen LogP contribution >= 0.6 is 0 Å². The van der Waals surface area contributed by atoms with Crippen LogP contribution in [0.4, 0.5) is 0 Å². The lowest BCUT2D eigenvalue weighted by molar-refractivity contribution is 0.188. The van der Waals surface area contributed by atoms with Crippen LogP contribution in [0.1, 0.15) is 40.5 Å². The molecule has 0 spiro atoms. The zero-order chi connectivity index (χ0) is 14.3. The summed E-state index contributed by atoms with van der Waals surface area (Å²) in [6, 6.07) is 0.604. The van der Waals surface area contributed by atoms with Crippen molar-refractivity contribution < 1.29 is 8.42 Å². The maximum Gasteiger partial charge on any atom is 0.213 e. The molecule has 5 heteroatoms. The van der Waals surface area contributed by atoms with Crippen molar-refractivity contribution in [3.05, 3.63) is 0 Å². The van der Waals surface area contributed by atoms with Gasteiger partial charge < -0.3 is 5.32 Å². The molecular weight excluding hydrogens is 260 g/mol. The van der Waals surface area contributed by atoms with Gasteiger partial charge in [-0.2, -0.15) is 0 Å². The highest BCUT2D eigenvalue weighted by molar-refractivity contribution is 7.89. The number of nitrogens with zero attached hydrogens (tertiary/aromatic N) is 1. The Balaban J connectivity index is 1.72. The van der Waals surface area contributed by atoms with Gasteiger partial charge >= 0.3 is 0 Å². The highest BCUT2D eigenvalue weighted by atomic mass is 32.2. The minimum atomic E-state index is -2.96. The van der Waals surface area contributed by atoms with Crippen LogP contribution in [0, 0.1) is 17.3 Å². The second-order valence-corrected chi connectivity index (χ2v) is 9.41. The van der Waals surface area contributed by atoms with E-state index in [1.807, 2.05) is 0 Å². The SMILES string of the molecule is CCS(=O)(=O)N1CC(CN[C@H]2CC(C)(C)C[C@@H]2C)C1. The summed E-state index contributed by atoms with van der Waals surface area (Å²) in [5, 5.41) is 3.66. The van der Waals surface area contributed by atoms with Gasteiger partial charge in [0, 0.05) is 25.7 Å². The van der Waals surface area contributed by atoms with E-state index >= 15 is 0 Å². The van der Waals surface area contributed by atoms with Gasteiger partial charge in [-0.3, -0.25) is 0 Å². The van der Waals surface area contributed by atoms with E-state index in [-0.39, 0.29) is 5.75 Å². The van der Waals surface area contributed by atoms with E-state index in [0.717, 1.165) is 12.5 Å². The molecule has 1 saturated heterocycles. The molecule has 0 amide bonds. The first kappa shape index (κ1) is 15.3. The molecule has 1 aliphatic heterocycles. The van der Waals surface area contributed by atoms with Gasteiger partial charge in [-0.25, -0.2) is 12.7 Å². The third kappa shape index (κ3) is 3.50. The van der Waals surface area contributed by atoms with E-state index in [4.69, 9.17) is 0 Å². The summed E-state index contributed by atoms with van der Waals surface area (Å²) in [6.45, 7) is 11.1. The number of sulfonamides is 1. The lowest BCUT2D eigenvalue weighted by Crippen LogP contribution is -2.54. The molecule has 2 rings (SSSR count). The van der Waals surface area contributed by atoms with Crippen molar-refractivity contribution in [1.29, 1.82) is 0 Å². The fraction of sp³-hybridized carbons (Fsp3) is 1.00. The molecule has 19 heavy (non-hydrogen) atoms. The predicted octanol–water partition coefficient (Wildman–Crippen LogP) is 1.68. The molecule has 0 aromatic carbocycles. The maximum absolute atomic E-state index is 11.6. The first-order valence-electron chi connectivity index (χ1n) is 7.45. The Morgan fingerprint density at radius 3 is 2.37 bits per heavy atom. The van der Waals surface area contributed by atoms with E-state index in [9.17, 15) is 8.42 Å². The molecule has 0 radical (unpaired) electrons. The summed E-state index contributed by atoms with van der Waals surface area (Å²) in [4.78, 5) is 0. The molecule has 4 nitrogen and oxygen atoms in total. The molecule has 2 atom stereocenters. The van der Waals surface area contributed by atoms with Crippen LogP contribution in [0.5, 0.6) is 0 Å². The van der Waals surface area contributed by atoms with Gasteiger partial charge in [0.1, 0.15) is 0 Å². The molecule has 0 aromatic heterocycles. The summed E-state index contributed by atoms with van der Waals surface area (Å²) in [5.41, 5.74) is 0.453. The number of hydrogen-bond donors (Lipinski definition) is 1. The Labute approximate surface area is 118 Å². The number of hydrogen-bond acceptors (Lipinski definition) is 3. The summed E-state index contributed by atoms with van der Waals surface area (Å²) in [7, 11) is -2.96. The molecule has 0 bridgehead atoms. The summed E-state index contributed by atoms with van der Waals surface area (Å²) in [5.74, 6) is 1.45. The van der Waals surface area contributed by atoms with Crippen molar-refractivity contribution in [3.63, 3.8) is 0 Å². The van der Waals surface area contributed by atoms with E-state index < -0.39 is 10.0 Å². The van der Waals surface area contributed by atoms with Crippen LogP contribution < -0.4 is 5.32 Å². The minimum Gasteiger partial charge on any atom is -0.313 e. The normalized spacial score (nSPS) is 32.4. The van der Waals surface area contributed by atoms with Crippen molar-refractivity contribution in [2.24, 2.45) is 17.3 Å². The van der Waals surface area contributed by atoms with Crippen molar-refractivity contribution in [1.82, 2.24) is 9.62 Å². The van der Waals surface area contributed by atoms with Crippen molar-refractivity contribution >= 4 is 10.0 Å². The van der Waals surface area contributed by atoms with Gasteiger partial charge in [0.05, 0.1) is 5.75 Å². The second-order valence-electron chi connectivity index (χ2n) is 7.15. The molecular formula is C14H28N2O2S. The minimum absolute atomic E-state index is 0.223. The zero-order valence-corrected chi connectivity index (χ0v) is 13.5. The molecule has 0 unspecified atom stereocenters. The van der Waals surface area contributed by atoms with Crippen LogP contribution in [-0.2, 0) is 10.0 Å². The summed E-state index contributed by atoms with van der Waals surface area (Å²) >= 11 is 0. The van der Waals surface area contributed by atoms with E-state index in [2.05, 4.69) is 26.1 Å². The first-order chi connectivity index (χ1) is 8.73. The smallest absolute Gasteiger partial charge is 0.213 e. The summed E-state index contributed by atoms with van der Waals surface area (Å²) in [6.07, 6.45) is 2.52. The molecule has 1 aliphatic carbocycles. The third-order valence-electron chi connectivity index (χ3n) is 4.68. The molecule has 1 saturated carbocycles.